The van der Waals surface area contributed by atoms with Crippen molar-refractivity contribution in [2.24, 2.45) is 0 Å². The maximum Gasteiger partial charge on any atom is 0.242 e. The van der Waals surface area contributed by atoms with Crippen molar-refractivity contribution in [3.05, 3.63) is 28.2 Å². The Labute approximate surface area is 123 Å². The van der Waals surface area contributed by atoms with Crippen LogP contribution in [0, 0.1) is 0 Å². The van der Waals surface area contributed by atoms with Crippen molar-refractivity contribution in [1.82, 2.24) is 5.32 Å². The Morgan fingerprint density at radius 3 is 2.53 bits per heavy atom. The van der Waals surface area contributed by atoms with Crippen LogP contribution in [0.15, 0.2) is 18.2 Å². The highest BCUT2D eigenvalue weighted by Crippen LogP contribution is 2.22. The van der Waals surface area contributed by atoms with Crippen molar-refractivity contribution in [2.75, 3.05) is 25.6 Å². The molecule has 19 heavy (non-hydrogen) atoms. The zero-order chi connectivity index (χ0) is 14.3. The molecule has 0 saturated carbocycles. The lowest BCUT2D eigenvalue weighted by atomic mass is 10.2. The predicted octanol–water partition coefficient (Wildman–Crippen LogP) is 2.95. The molecule has 6 heteroatoms. The number of benzene rings is 1. The molecule has 1 amide bonds. The molecule has 0 bridgehead atoms. The van der Waals surface area contributed by atoms with Crippen LogP contribution in [-0.4, -0.2) is 32.2 Å². The third kappa shape index (κ3) is 6.14. The van der Waals surface area contributed by atoms with Crippen molar-refractivity contribution in [1.29, 1.82) is 0 Å². The van der Waals surface area contributed by atoms with Gasteiger partial charge in [-0.15, -0.1) is 0 Å². The minimum Gasteiger partial charge on any atom is -0.385 e. The number of nitrogens with one attached hydrogen (secondary N) is 2. The van der Waals surface area contributed by atoms with Gasteiger partial charge < -0.3 is 15.4 Å². The number of methoxy groups -OCH3 is 1. The number of hydrogen-bond acceptors (Lipinski definition) is 3. The maximum absolute atomic E-state index is 11.8. The van der Waals surface area contributed by atoms with Gasteiger partial charge in [-0.25, -0.2) is 0 Å². The number of rotatable bonds is 7. The van der Waals surface area contributed by atoms with Crippen molar-refractivity contribution >= 4 is 34.8 Å². The molecule has 4 nitrogen and oxygen atoms in total. The first-order chi connectivity index (χ1) is 9.02. The lowest BCUT2D eigenvalue weighted by molar-refractivity contribution is -0.121. The minimum absolute atomic E-state index is 0.0767. The zero-order valence-electron chi connectivity index (χ0n) is 11.0. The zero-order valence-corrected chi connectivity index (χ0v) is 12.5. The predicted molar refractivity (Wildman–Crippen MR) is 79.0 cm³/mol. The summed E-state index contributed by atoms with van der Waals surface area (Å²) >= 11 is 11.8. The monoisotopic (exact) mass is 304 g/mol. The smallest absolute Gasteiger partial charge is 0.242 e. The molecule has 0 aliphatic heterocycles. The number of carbonyl (C=O) groups is 1. The highest BCUT2D eigenvalue weighted by atomic mass is 35.5. The molecule has 0 saturated heterocycles. The molecule has 2 N–H and O–H groups in total. The van der Waals surface area contributed by atoms with E-state index in [1.165, 1.54) is 0 Å². The first-order valence-electron chi connectivity index (χ1n) is 6.02. The Kier molecular flexibility index (Phi) is 6.99. The number of amides is 1. The summed E-state index contributed by atoms with van der Waals surface area (Å²) in [5.41, 5.74) is 0.719. The van der Waals surface area contributed by atoms with Crippen LogP contribution in [0.1, 0.15) is 13.3 Å². The van der Waals surface area contributed by atoms with Gasteiger partial charge in [-0.2, -0.15) is 0 Å². The standard InChI is InChI=1S/C13H18Cl2N2O2/c1-9(13(18)16-4-3-5-19-2)17-12-7-10(14)6-11(15)8-12/h6-9,17H,3-5H2,1-2H3,(H,16,18). The van der Waals surface area contributed by atoms with E-state index in [9.17, 15) is 4.79 Å². The van der Waals surface area contributed by atoms with Crippen molar-refractivity contribution < 1.29 is 9.53 Å². The van der Waals surface area contributed by atoms with Gasteiger partial charge in [-0.1, -0.05) is 23.2 Å². The fraction of sp³-hybridized carbons (Fsp3) is 0.462. The van der Waals surface area contributed by atoms with Crippen LogP contribution >= 0.6 is 23.2 Å². The molecule has 1 aromatic carbocycles. The van der Waals surface area contributed by atoms with E-state index in [4.69, 9.17) is 27.9 Å². The number of halogens is 2. The summed E-state index contributed by atoms with van der Waals surface area (Å²) in [7, 11) is 1.63. The molecule has 1 aromatic rings. The molecule has 0 spiro atoms. The number of anilines is 1. The first kappa shape index (κ1) is 16.1. The molecular formula is C13H18Cl2N2O2. The van der Waals surface area contributed by atoms with Crippen LogP contribution in [0.25, 0.3) is 0 Å². The topological polar surface area (TPSA) is 50.4 Å². The Morgan fingerprint density at radius 1 is 1.32 bits per heavy atom. The average molecular weight is 305 g/mol. The molecule has 0 aliphatic carbocycles. The van der Waals surface area contributed by atoms with Crippen LogP contribution in [0.5, 0.6) is 0 Å². The SMILES string of the molecule is COCCCNC(=O)C(C)Nc1cc(Cl)cc(Cl)c1. The van der Waals surface area contributed by atoms with Gasteiger partial charge >= 0.3 is 0 Å². The van der Waals surface area contributed by atoms with E-state index in [1.807, 2.05) is 0 Å². The van der Waals surface area contributed by atoms with E-state index in [-0.39, 0.29) is 11.9 Å². The van der Waals surface area contributed by atoms with Crippen LogP contribution < -0.4 is 10.6 Å². The van der Waals surface area contributed by atoms with Crippen molar-refractivity contribution in [3.8, 4) is 0 Å². The second-order valence-electron chi connectivity index (χ2n) is 4.16. The fourth-order valence-electron chi connectivity index (χ4n) is 1.53. The summed E-state index contributed by atoms with van der Waals surface area (Å²) in [5.74, 6) is -0.0767. The van der Waals surface area contributed by atoms with Crippen LogP contribution in [0.3, 0.4) is 0 Å². The van der Waals surface area contributed by atoms with Gasteiger partial charge in [0.25, 0.3) is 0 Å². The first-order valence-corrected chi connectivity index (χ1v) is 6.78. The second kappa shape index (κ2) is 8.25. The molecule has 0 fully saturated rings. The second-order valence-corrected chi connectivity index (χ2v) is 5.03. The quantitative estimate of drug-likeness (QED) is 0.762. The molecule has 0 heterocycles. The van der Waals surface area contributed by atoms with E-state index in [0.717, 1.165) is 12.1 Å². The number of ether oxygens (including phenoxy) is 1. The largest absolute Gasteiger partial charge is 0.385 e. The Morgan fingerprint density at radius 2 is 1.95 bits per heavy atom. The average Bonchev–Trinajstić information content (AvgIpc) is 2.33. The Hall–Kier alpha value is -0.970. The summed E-state index contributed by atoms with van der Waals surface area (Å²) in [6, 6.07) is 4.73. The molecule has 1 atom stereocenters. The van der Waals surface area contributed by atoms with Gasteiger partial charge in [-0.3, -0.25) is 4.79 Å². The molecule has 0 aromatic heterocycles. The van der Waals surface area contributed by atoms with Crippen molar-refractivity contribution in [2.45, 2.75) is 19.4 Å². The number of hydrogen-bond donors (Lipinski definition) is 2. The summed E-state index contributed by atoms with van der Waals surface area (Å²) in [6.07, 6.45) is 0.790. The number of carbonyl (C=O) groups excluding carboxylic acids is 1. The lowest BCUT2D eigenvalue weighted by Crippen LogP contribution is -2.38. The van der Waals surface area contributed by atoms with Gasteiger partial charge in [0.15, 0.2) is 0 Å². The lowest BCUT2D eigenvalue weighted by Gasteiger charge is -2.15. The Balaban J connectivity index is 2.44. The molecule has 106 valence electrons. The third-order valence-electron chi connectivity index (χ3n) is 2.46. The summed E-state index contributed by atoms with van der Waals surface area (Å²) in [6.45, 7) is 3.00. The highest BCUT2D eigenvalue weighted by molar-refractivity contribution is 6.35. The van der Waals surface area contributed by atoms with E-state index < -0.39 is 0 Å². The summed E-state index contributed by atoms with van der Waals surface area (Å²) in [4.78, 5) is 11.8. The molecule has 0 radical (unpaired) electrons. The van der Waals surface area contributed by atoms with E-state index in [0.29, 0.717) is 23.2 Å². The van der Waals surface area contributed by atoms with Gasteiger partial charge in [0.05, 0.1) is 0 Å². The van der Waals surface area contributed by atoms with E-state index in [2.05, 4.69) is 10.6 Å². The van der Waals surface area contributed by atoms with Gasteiger partial charge in [0, 0.05) is 36.0 Å². The van der Waals surface area contributed by atoms with E-state index >= 15 is 0 Å². The maximum atomic E-state index is 11.8. The Bertz CT molecular complexity index is 407. The fourth-order valence-corrected chi connectivity index (χ4v) is 2.06. The van der Waals surface area contributed by atoms with Crippen LogP contribution in [0.4, 0.5) is 5.69 Å². The highest BCUT2D eigenvalue weighted by Gasteiger charge is 2.12. The molecule has 1 unspecified atom stereocenters. The third-order valence-corrected chi connectivity index (χ3v) is 2.90. The summed E-state index contributed by atoms with van der Waals surface area (Å²) < 4.78 is 4.91. The van der Waals surface area contributed by atoms with Gasteiger partial charge in [-0.05, 0) is 31.5 Å². The molecular weight excluding hydrogens is 287 g/mol. The van der Waals surface area contributed by atoms with Gasteiger partial charge in [0.1, 0.15) is 6.04 Å². The van der Waals surface area contributed by atoms with E-state index in [1.54, 1.807) is 32.2 Å². The molecule has 0 aliphatic rings. The normalized spacial score (nSPS) is 12.0. The summed E-state index contributed by atoms with van der Waals surface area (Å²) in [5, 5.41) is 6.93. The van der Waals surface area contributed by atoms with Crippen molar-refractivity contribution in [3.63, 3.8) is 0 Å². The van der Waals surface area contributed by atoms with Gasteiger partial charge in [0.2, 0.25) is 5.91 Å². The van der Waals surface area contributed by atoms with Crippen LogP contribution in [0.2, 0.25) is 10.0 Å². The van der Waals surface area contributed by atoms with Crippen LogP contribution in [-0.2, 0) is 9.53 Å². The molecule has 1 rings (SSSR count). The minimum atomic E-state index is -0.364.